The van der Waals surface area contributed by atoms with Gasteiger partial charge in [-0.3, -0.25) is 4.79 Å². The van der Waals surface area contributed by atoms with E-state index >= 15 is 0 Å². The van der Waals surface area contributed by atoms with E-state index in [0.29, 0.717) is 11.7 Å². The monoisotopic (exact) mass is 156 g/mol. The van der Waals surface area contributed by atoms with Crippen LogP contribution in [0.1, 0.15) is 26.7 Å². The van der Waals surface area contributed by atoms with Gasteiger partial charge in [-0.1, -0.05) is 6.92 Å². The summed E-state index contributed by atoms with van der Waals surface area (Å²) >= 11 is 0. The number of carbonyl (C=O) groups excluding carboxylic acids is 1. The predicted octanol–water partition coefficient (Wildman–Crippen LogP) is 1.64. The van der Waals surface area contributed by atoms with Crippen molar-refractivity contribution in [3.8, 4) is 0 Å². The second-order valence-electron chi connectivity index (χ2n) is 3.35. The third-order valence-electron chi connectivity index (χ3n) is 2.61. The third-order valence-corrected chi connectivity index (χ3v) is 2.61. The molecule has 1 aliphatic rings. The zero-order valence-corrected chi connectivity index (χ0v) is 7.30. The zero-order chi connectivity index (χ0) is 8.27. The van der Waals surface area contributed by atoms with Gasteiger partial charge in [0.1, 0.15) is 5.78 Å². The number of ether oxygens (including phenoxy) is 1. The van der Waals surface area contributed by atoms with E-state index in [9.17, 15) is 4.79 Å². The van der Waals surface area contributed by atoms with Crippen molar-refractivity contribution in [2.75, 3.05) is 13.2 Å². The van der Waals surface area contributed by atoms with Crippen molar-refractivity contribution in [3.05, 3.63) is 0 Å². The van der Waals surface area contributed by atoms with Crippen molar-refractivity contribution in [3.63, 3.8) is 0 Å². The van der Waals surface area contributed by atoms with E-state index in [1.165, 1.54) is 0 Å². The summed E-state index contributed by atoms with van der Waals surface area (Å²) in [5.74, 6) is 1.12. The molecule has 1 aliphatic heterocycles. The minimum Gasteiger partial charge on any atom is -0.381 e. The van der Waals surface area contributed by atoms with Crippen LogP contribution >= 0.6 is 0 Å². The third kappa shape index (κ3) is 2.29. The number of Topliss-reactive ketones (excluding diaryl/α,β-unsaturated/α-hetero) is 1. The van der Waals surface area contributed by atoms with E-state index in [-0.39, 0.29) is 5.92 Å². The Hall–Kier alpha value is -0.370. The Morgan fingerprint density at radius 3 is 2.45 bits per heavy atom. The molecule has 1 heterocycles. The molecule has 0 spiro atoms. The van der Waals surface area contributed by atoms with Crippen LogP contribution in [0.4, 0.5) is 0 Å². The van der Waals surface area contributed by atoms with Crippen molar-refractivity contribution in [2.45, 2.75) is 26.7 Å². The van der Waals surface area contributed by atoms with Crippen LogP contribution in [-0.2, 0) is 9.53 Å². The molecule has 0 N–H and O–H groups in total. The van der Waals surface area contributed by atoms with Gasteiger partial charge in [0.25, 0.3) is 0 Å². The fourth-order valence-electron chi connectivity index (χ4n) is 1.55. The SMILES string of the molecule is CC(=O)[C@@H](C)C1CCOCC1. The molecule has 1 rings (SSSR count). The molecular formula is C9H16O2. The molecule has 2 heteroatoms. The summed E-state index contributed by atoms with van der Waals surface area (Å²) in [4.78, 5) is 11.0. The molecule has 0 aromatic carbocycles. The lowest BCUT2D eigenvalue weighted by Crippen LogP contribution is -2.25. The minimum absolute atomic E-state index is 0.235. The molecule has 11 heavy (non-hydrogen) atoms. The Labute approximate surface area is 67.9 Å². The van der Waals surface area contributed by atoms with Crippen molar-refractivity contribution >= 4 is 5.78 Å². The van der Waals surface area contributed by atoms with Gasteiger partial charge in [-0.05, 0) is 25.7 Å². The maximum Gasteiger partial charge on any atom is 0.132 e. The molecule has 0 bridgehead atoms. The van der Waals surface area contributed by atoms with Gasteiger partial charge < -0.3 is 4.74 Å². The average molecular weight is 156 g/mol. The molecular weight excluding hydrogens is 140 g/mol. The smallest absolute Gasteiger partial charge is 0.132 e. The van der Waals surface area contributed by atoms with Crippen LogP contribution in [0, 0.1) is 11.8 Å². The maximum atomic E-state index is 11.0. The second-order valence-corrected chi connectivity index (χ2v) is 3.35. The summed E-state index contributed by atoms with van der Waals surface area (Å²) in [5, 5.41) is 0. The lowest BCUT2D eigenvalue weighted by atomic mass is 9.85. The van der Waals surface area contributed by atoms with E-state index in [1.807, 2.05) is 6.92 Å². The van der Waals surface area contributed by atoms with Crippen LogP contribution in [0.3, 0.4) is 0 Å². The normalized spacial score (nSPS) is 23.1. The summed E-state index contributed by atoms with van der Waals surface area (Å²) in [5.41, 5.74) is 0. The number of rotatable bonds is 2. The number of hydrogen-bond acceptors (Lipinski definition) is 2. The molecule has 0 saturated carbocycles. The van der Waals surface area contributed by atoms with Gasteiger partial charge in [-0.2, -0.15) is 0 Å². The first kappa shape index (κ1) is 8.72. The van der Waals surface area contributed by atoms with Crippen molar-refractivity contribution < 1.29 is 9.53 Å². The highest BCUT2D eigenvalue weighted by atomic mass is 16.5. The van der Waals surface area contributed by atoms with E-state index in [1.54, 1.807) is 6.92 Å². The quantitative estimate of drug-likeness (QED) is 0.607. The van der Waals surface area contributed by atoms with Crippen molar-refractivity contribution in [1.82, 2.24) is 0 Å². The Morgan fingerprint density at radius 2 is 2.00 bits per heavy atom. The van der Waals surface area contributed by atoms with E-state index in [4.69, 9.17) is 4.74 Å². The minimum atomic E-state index is 0.235. The first-order valence-electron chi connectivity index (χ1n) is 4.30. The highest BCUT2D eigenvalue weighted by Gasteiger charge is 2.22. The highest BCUT2D eigenvalue weighted by Crippen LogP contribution is 2.23. The molecule has 0 aromatic heterocycles. The van der Waals surface area contributed by atoms with Crippen LogP contribution in [-0.4, -0.2) is 19.0 Å². The molecule has 1 saturated heterocycles. The van der Waals surface area contributed by atoms with E-state index in [0.717, 1.165) is 26.1 Å². The van der Waals surface area contributed by atoms with Crippen LogP contribution in [0.25, 0.3) is 0 Å². The molecule has 0 aromatic rings. The Balaban J connectivity index is 2.38. The zero-order valence-electron chi connectivity index (χ0n) is 7.30. The summed E-state index contributed by atoms with van der Waals surface area (Å²) < 4.78 is 5.22. The van der Waals surface area contributed by atoms with Crippen molar-refractivity contribution in [1.29, 1.82) is 0 Å². The molecule has 1 atom stereocenters. The van der Waals surface area contributed by atoms with Gasteiger partial charge in [-0.25, -0.2) is 0 Å². The van der Waals surface area contributed by atoms with Gasteiger partial charge in [0.05, 0.1) is 0 Å². The van der Waals surface area contributed by atoms with Gasteiger partial charge in [0, 0.05) is 19.1 Å². The molecule has 0 amide bonds. The summed E-state index contributed by atoms with van der Waals surface area (Å²) in [6.45, 7) is 5.38. The number of hydrogen-bond donors (Lipinski definition) is 0. The lowest BCUT2D eigenvalue weighted by Gasteiger charge is -2.25. The van der Waals surface area contributed by atoms with Gasteiger partial charge in [0.2, 0.25) is 0 Å². The van der Waals surface area contributed by atoms with Gasteiger partial charge in [-0.15, -0.1) is 0 Å². The van der Waals surface area contributed by atoms with Crippen molar-refractivity contribution in [2.24, 2.45) is 11.8 Å². The highest BCUT2D eigenvalue weighted by molar-refractivity contribution is 5.78. The summed E-state index contributed by atoms with van der Waals surface area (Å²) in [7, 11) is 0. The first-order valence-corrected chi connectivity index (χ1v) is 4.30. The predicted molar refractivity (Wildman–Crippen MR) is 43.4 cm³/mol. The van der Waals surface area contributed by atoms with Gasteiger partial charge in [0.15, 0.2) is 0 Å². The Bertz CT molecular complexity index is 136. The molecule has 0 unspecified atom stereocenters. The largest absolute Gasteiger partial charge is 0.381 e. The van der Waals surface area contributed by atoms with Crippen LogP contribution in [0.2, 0.25) is 0 Å². The maximum absolute atomic E-state index is 11.0. The molecule has 2 nitrogen and oxygen atoms in total. The Morgan fingerprint density at radius 1 is 1.45 bits per heavy atom. The van der Waals surface area contributed by atoms with E-state index in [2.05, 4.69) is 0 Å². The van der Waals surface area contributed by atoms with Crippen LogP contribution in [0.15, 0.2) is 0 Å². The number of ketones is 1. The van der Waals surface area contributed by atoms with Crippen LogP contribution < -0.4 is 0 Å². The number of carbonyl (C=O) groups is 1. The van der Waals surface area contributed by atoms with E-state index < -0.39 is 0 Å². The van der Waals surface area contributed by atoms with Gasteiger partial charge >= 0.3 is 0 Å². The second kappa shape index (κ2) is 3.86. The molecule has 64 valence electrons. The topological polar surface area (TPSA) is 26.3 Å². The lowest BCUT2D eigenvalue weighted by molar-refractivity contribution is -0.122. The molecule has 1 fully saturated rings. The Kier molecular flexibility index (Phi) is 3.06. The van der Waals surface area contributed by atoms with Crippen LogP contribution in [0.5, 0.6) is 0 Å². The standard InChI is InChI=1S/C9H16O2/c1-7(8(2)10)9-3-5-11-6-4-9/h7,9H,3-6H2,1-2H3/t7-/m1/s1. The first-order chi connectivity index (χ1) is 5.22. The summed E-state index contributed by atoms with van der Waals surface area (Å²) in [6.07, 6.45) is 2.11. The summed E-state index contributed by atoms with van der Waals surface area (Å²) in [6, 6.07) is 0. The molecule has 0 radical (unpaired) electrons. The fourth-order valence-corrected chi connectivity index (χ4v) is 1.55. The fraction of sp³-hybridized carbons (Fsp3) is 0.889. The average Bonchev–Trinajstić information content (AvgIpc) is 2.05. The molecule has 0 aliphatic carbocycles.